The van der Waals surface area contributed by atoms with Crippen molar-refractivity contribution in [3.05, 3.63) is 77.6 Å². The highest BCUT2D eigenvalue weighted by Gasteiger charge is 2.09. The minimum Gasteiger partial charge on any atom is -0.424 e. The highest BCUT2D eigenvalue weighted by atomic mass is 16.5. The van der Waals surface area contributed by atoms with E-state index in [2.05, 4.69) is 15.3 Å². The molecule has 0 aliphatic carbocycles. The number of nitrogens with one attached hydrogen (secondary N) is 1. The van der Waals surface area contributed by atoms with Gasteiger partial charge in [-0.15, -0.1) is 0 Å². The van der Waals surface area contributed by atoms with Crippen LogP contribution < -0.4 is 10.1 Å². The average molecular weight is 375 g/mol. The van der Waals surface area contributed by atoms with Crippen molar-refractivity contribution >= 4 is 17.4 Å². The maximum atomic E-state index is 12.1. The molecule has 0 radical (unpaired) electrons. The molecule has 0 aliphatic heterocycles. The fraction of sp³-hybridized carbons (Fsp3) is 0.182. The highest BCUT2D eigenvalue weighted by Crippen LogP contribution is 2.21. The summed E-state index contributed by atoms with van der Waals surface area (Å²) in [4.78, 5) is 32.6. The van der Waals surface area contributed by atoms with Gasteiger partial charge in [0.1, 0.15) is 5.75 Å². The maximum Gasteiger partial charge on any atom is 0.322 e. The van der Waals surface area contributed by atoms with E-state index in [4.69, 9.17) is 4.74 Å². The zero-order valence-corrected chi connectivity index (χ0v) is 15.8. The number of carbonyl (C=O) groups is 2. The summed E-state index contributed by atoms with van der Waals surface area (Å²) in [6.45, 7) is 3.76. The number of amides is 1. The lowest BCUT2D eigenvalue weighted by Gasteiger charge is -2.08. The number of hydrogen-bond acceptors (Lipinski definition) is 5. The molecule has 0 saturated carbocycles. The largest absolute Gasteiger partial charge is 0.424 e. The molecule has 0 bridgehead atoms. The number of anilines is 1. The number of Topliss-reactive ketones (excluding diaryl/α,β-unsaturated/α-hetero) is 1. The summed E-state index contributed by atoms with van der Waals surface area (Å²) in [5, 5.41) is 2.78. The van der Waals surface area contributed by atoms with Gasteiger partial charge in [-0.3, -0.25) is 9.59 Å². The van der Waals surface area contributed by atoms with Crippen LogP contribution in [0.5, 0.6) is 11.8 Å². The summed E-state index contributed by atoms with van der Waals surface area (Å²) in [6, 6.07) is 18.0. The quantitative estimate of drug-likeness (QED) is 0.616. The number of aromatic nitrogens is 2. The summed E-state index contributed by atoms with van der Waals surface area (Å²) in [5.41, 5.74) is 2.91. The molecule has 0 atom stereocenters. The second kappa shape index (κ2) is 8.90. The normalized spacial score (nSPS) is 10.4. The Morgan fingerprint density at radius 3 is 2.18 bits per heavy atom. The molecular weight excluding hydrogens is 354 g/mol. The zero-order chi connectivity index (χ0) is 19.9. The summed E-state index contributed by atoms with van der Waals surface area (Å²) >= 11 is 0. The second-order valence-corrected chi connectivity index (χ2v) is 6.40. The number of benzene rings is 2. The Hall–Kier alpha value is -3.54. The SMILES string of the molecule is Cc1cc(C)nc(Oc2ccc(NC(=O)CCC(=O)c3ccccc3)cc2)n1. The number of ketones is 1. The number of hydrogen-bond donors (Lipinski definition) is 1. The van der Waals surface area contributed by atoms with E-state index in [0.29, 0.717) is 17.0 Å². The molecule has 2 aromatic carbocycles. The topological polar surface area (TPSA) is 81.2 Å². The van der Waals surface area contributed by atoms with E-state index in [9.17, 15) is 9.59 Å². The van der Waals surface area contributed by atoms with E-state index in [-0.39, 0.29) is 30.5 Å². The van der Waals surface area contributed by atoms with E-state index in [0.717, 1.165) is 11.4 Å². The van der Waals surface area contributed by atoms with Crippen molar-refractivity contribution in [3.8, 4) is 11.8 Å². The Labute approximate surface area is 163 Å². The van der Waals surface area contributed by atoms with Crippen LogP contribution >= 0.6 is 0 Å². The van der Waals surface area contributed by atoms with Crippen molar-refractivity contribution in [1.82, 2.24) is 9.97 Å². The van der Waals surface area contributed by atoms with Crippen molar-refractivity contribution in [3.63, 3.8) is 0 Å². The minimum atomic E-state index is -0.212. The van der Waals surface area contributed by atoms with Gasteiger partial charge in [0.05, 0.1) is 0 Å². The van der Waals surface area contributed by atoms with Crippen LogP contribution in [0.1, 0.15) is 34.6 Å². The molecular formula is C22H21N3O3. The van der Waals surface area contributed by atoms with Crippen molar-refractivity contribution in [2.45, 2.75) is 26.7 Å². The Balaban J connectivity index is 1.52. The van der Waals surface area contributed by atoms with Gasteiger partial charge in [-0.05, 0) is 44.2 Å². The molecule has 1 amide bonds. The molecule has 1 N–H and O–H groups in total. The number of ether oxygens (including phenoxy) is 1. The Morgan fingerprint density at radius 2 is 1.54 bits per heavy atom. The number of aryl methyl sites for hydroxylation is 2. The number of rotatable bonds is 7. The first-order chi connectivity index (χ1) is 13.5. The van der Waals surface area contributed by atoms with Gasteiger partial charge in [0.25, 0.3) is 0 Å². The molecule has 0 fully saturated rings. The standard InChI is InChI=1S/C22H21N3O3/c1-15-14-16(2)24-22(23-15)28-19-10-8-18(9-11-19)25-21(27)13-12-20(26)17-6-4-3-5-7-17/h3-11,14H,12-13H2,1-2H3,(H,25,27). The van der Waals surface area contributed by atoms with Gasteiger partial charge < -0.3 is 10.1 Å². The first-order valence-corrected chi connectivity index (χ1v) is 8.98. The molecule has 0 unspecified atom stereocenters. The number of nitrogens with zero attached hydrogens (tertiary/aromatic N) is 2. The van der Waals surface area contributed by atoms with Crippen LogP contribution in [0.15, 0.2) is 60.7 Å². The number of carbonyl (C=O) groups excluding carboxylic acids is 2. The third-order valence-corrected chi connectivity index (χ3v) is 3.98. The van der Waals surface area contributed by atoms with E-state index in [1.807, 2.05) is 26.0 Å². The lowest BCUT2D eigenvalue weighted by molar-refractivity contribution is -0.116. The van der Waals surface area contributed by atoms with Crippen LogP contribution in [0.4, 0.5) is 5.69 Å². The molecule has 0 saturated heterocycles. The van der Waals surface area contributed by atoms with Gasteiger partial charge in [0, 0.05) is 35.5 Å². The van der Waals surface area contributed by atoms with Crippen LogP contribution in [-0.4, -0.2) is 21.7 Å². The molecule has 142 valence electrons. The monoisotopic (exact) mass is 375 g/mol. The molecule has 6 heteroatoms. The fourth-order valence-electron chi connectivity index (χ4n) is 2.67. The molecule has 28 heavy (non-hydrogen) atoms. The van der Waals surface area contributed by atoms with Crippen LogP contribution in [-0.2, 0) is 4.79 Å². The van der Waals surface area contributed by atoms with Crippen LogP contribution in [0, 0.1) is 13.8 Å². The van der Waals surface area contributed by atoms with Crippen LogP contribution in [0.2, 0.25) is 0 Å². The first-order valence-electron chi connectivity index (χ1n) is 8.98. The van der Waals surface area contributed by atoms with Gasteiger partial charge in [0.2, 0.25) is 5.91 Å². The summed E-state index contributed by atoms with van der Waals surface area (Å²) in [5.74, 6) is 0.311. The molecule has 3 rings (SSSR count). The Bertz CT molecular complexity index is 950. The molecule has 1 aromatic heterocycles. The van der Waals surface area contributed by atoms with Crippen molar-refractivity contribution < 1.29 is 14.3 Å². The molecule has 0 spiro atoms. The van der Waals surface area contributed by atoms with Gasteiger partial charge in [-0.2, -0.15) is 0 Å². The molecule has 3 aromatic rings. The fourth-order valence-corrected chi connectivity index (χ4v) is 2.67. The predicted molar refractivity (Wildman–Crippen MR) is 107 cm³/mol. The van der Waals surface area contributed by atoms with E-state index >= 15 is 0 Å². The molecule has 6 nitrogen and oxygen atoms in total. The average Bonchev–Trinajstić information content (AvgIpc) is 2.67. The van der Waals surface area contributed by atoms with Gasteiger partial charge in [-0.25, -0.2) is 9.97 Å². The van der Waals surface area contributed by atoms with E-state index < -0.39 is 0 Å². The third kappa shape index (κ3) is 5.48. The summed E-state index contributed by atoms with van der Waals surface area (Å²) < 4.78 is 5.65. The van der Waals surface area contributed by atoms with Gasteiger partial charge in [0.15, 0.2) is 5.78 Å². The highest BCUT2D eigenvalue weighted by molar-refractivity contribution is 5.99. The van der Waals surface area contributed by atoms with Crippen LogP contribution in [0.3, 0.4) is 0 Å². The maximum absolute atomic E-state index is 12.1. The minimum absolute atomic E-state index is 0.0482. The molecule has 0 aliphatic rings. The van der Waals surface area contributed by atoms with E-state index in [1.54, 1.807) is 48.5 Å². The first kappa shape index (κ1) is 19.2. The second-order valence-electron chi connectivity index (χ2n) is 6.40. The summed E-state index contributed by atoms with van der Waals surface area (Å²) in [7, 11) is 0. The Morgan fingerprint density at radius 1 is 0.893 bits per heavy atom. The smallest absolute Gasteiger partial charge is 0.322 e. The third-order valence-electron chi connectivity index (χ3n) is 3.98. The molecule has 1 heterocycles. The van der Waals surface area contributed by atoms with E-state index in [1.165, 1.54) is 0 Å². The van der Waals surface area contributed by atoms with Crippen molar-refractivity contribution in [2.24, 2.45) is 0 Å². The Kier molecular flexibility index (Phi) is 6.11. The van der Waals surface area contributed by atoms with Gasteiger partial charge >= 0.3 is 6.01 Å². The zero-order valence-electron chi connectivity index (χ0n) is 15.8. The van der Waals surface area contributed by atoms with Crippen molar-refractivity contribution in [2.75, 3.05) is 5.32 Å². The lowest BCUT2D eigenvalue weighted by Crippen LogP contribution is -2.13. The summed E-state index contributed by atoms with van der Waals surface area (Å²) in [6.07, 6.45) is 0.295. The lowest BCUT2D eigenvalue weighted by atomic mass is 10.1. The van der Waals surface area contributed by atoms with Crippen LogP contribution in [0.25, 0.3) is 0 Å². The van der Waals surface area contributed by atoms with Crippen molar-refractivity contribution in [1.29, 1.82) is 0 Å². The predicted octanol–water partition coefficient (Wildman–Crippen LogP) is 4.49. The van der Waals surface area contributed by atoms with Gasteiger partial charge in [-0.1, -0.05) is 30.3 Å².